The highest BCUT2D eigenvalue weighted by molar-refractivity contribution is 6.11. The van der Waals surface area contributed by atoms with E-state index in [1.165, 1.54) is 25.1 Å². The molecule has 1 saturated carbocycles. The van der Waals surface area contributed by atoms with E-state index in [1.807, 2.05) is 0 Å². The van der Waals surface area contributed by atoms with E-state index in [4.69, 9.17) is 0 Å². The molecule has 7 heteroatoms. The van der Waals surface area contributed by atoms with Gasteiger partial charge in [0, 0.05) is 0 Å². The third-order valence-corrected chi connectivity index (χ3v) is 4.55. The number of hydrogen-bond donors (Lipinski definition) is 2. The van der Waals surface area contributed by atoms with E-state index in [9.17, 15) is 18.8 Å². The van der Waals surface area contributed by atoms with Crippen molar-refractivity contribution in [2.75, 3.05) is 5.32 Å². The van der Waals surface area contributed by atoms with Gasteiger partial charge in [-0.2, -0.15) is 0 Å². The van der Waals surface area contributed by atoms with Crippen molar-refractivity contribution in [2.24, 2.45) is 0 Å². The smallest absolute Gasteiger partial charge is 0.323 e. The van der Waals surface area contributed by atoms with Gasteiger partial charge in [-0.05, 0) is 31.9 Å². The van der Waals surface area contributed by atoms with Crippen molar-refractivity contribution < 1.29 is 18.8 Å². The molecule has 1 saturated heterocycles. The van der Waals surface area contributed by atoms with E-state index < -0.39 is 29.3 Å². The van der Waals surface area contributed by atoms with Gasteiger partial charge in [0.05, 0.1) is 5.69 Å². The summed E-state index contributed by atoms with van der Waals surface area (Å²) in [5, 5.41) is 5.14. The molecule has 1 aromatic rings. The first kappa shape index (κ1) is 15.5. The van der Waals surface area contributed by atoms with Gasteiger partial charge in [-0.15, -0.1) is 0 Å². The Morgan fingerprint density at radius 3 is 2.61 bits per heavy atom. The first-order chi connectivity index (χ1) is 10.9. The SMILES string of the molecule is CC(C(=O)Nc1ccccc1F)N1C(=O)NC2(CCCC2)C1=O. The molecule has 1 spiro atoms. The quantitative estimate of drug-likeness (QED) is 0.837. The fourth-order valence-electron chi connectivity index (χ4n) is 3.23. The zero-order chi connectivity index (χ0) is 16.6. The molecule has 0 bridgehead atoms. The van der Waals surface area contributed by atoms with Gasteiger partial charge in [0.2, 0.25) is 5.91 Å². The van der Waals surface area contributed by atoms with Gasteiger partial charge < -0.3 is 10.6 Å². The number of para-hydroxylation sites is 1. The number of rotatable bonds is 3. The molecule has 122 valence electrons. The van der Waals surface area contributed by atoms with Crippen molar-refractivity contribution in [1.82, 2.24) is 10.2 Å². The summed E-state index contributed by atoms with van der Waals surface area (Å²) in [6.07, 6.45) is 2.93. The van der Waals surface area contributed by atoms with Crippen LogP contribution >= 0.6 is 0 Å². The molecular formula is C16H18FN3O3. The van der Waals surface area contributed by atoms with E-state index in [0.717, 1.165) is 17.7 Å². The predicted molar refractivity (Wildman–Crippen MR) is 81.1 cm³/mol. The summed E-state index contributed by atoms with van der Waals surface area (Å²) in [5.41, 5.74) is -0.837. The van der Waals surface area contributed by atoms with Gasteiger partial charge >= 0.3 is 6.03 Å². The van der Waals surface area contributed by atoms with Crippen molar-refractivity contribution >= 4 is 23.5 Å². The Balaban J connectivity index is 1.76. The van der Waals surface area contributed by atoms with E-state index in [2.05, 4.69) is 10.6 Å². The van der Waals surface area contributed by atoms with Crippen LogP contribution in [0.25, 0.3) is 0 Å². The molecule has 0 aromatic heterocycles. The number of nitrogens with zero attached hydrogens (tertiary/aromatic N) is 1. The Bertz CT molecular complexity index is 670. The fraction of sp³-hybridized carbons (Fsp3) is 0.438. The Kier molecular flexibility index (Phi) is 3.79. The minimum absolute atomic E-state index is 0.0204. The predicted octanol–water partition coefficient (Wildman–Crippen LogP) is 2.02. The molecule has 2 fully saturated rings. The van der Waals surface area contributed by atoms with Crippen molar-refractivity contribution in [3.8, 4) is 0 Å². The second kappa shape index (κ2) is 5.64. The van der Waals surface area contributed by atoms with Gasteiger partial charge in [-0.3, -0.25) is 9.59 Å². The lowest BCUT2D eigenvalue weighted by molar-refractivity contribution is -0.136. The maximum absolute atomic E-state index is 13.6. The number of carbonyl (C=O) groups is 3. The first-order valence-electron chi connectivity index (χ1n) is 7.66. The molecule has 6 nitrogen and oxygen atoms in total. The summed E-state index contributed by atoms with van der Waals surface area (Å²) in [6.45, 7) is 1.46. The topological polar surface area (TPSA) is 78.5 Å². The molecule has 1 unspecified atom stereocenters. The highest BCUT2D eigenvalue weighted by atomic mass is 19.1. The summed E-state index contributed by atoms with van der Waals surface area (Å²) < 4.78 is 13.6. The Labute approximate surface area is 133 Å². The molecule has 1 aliphatic carbocycles. The maximum atomic E-state index is 13.6. The zero-order valence-electron chi connectivity index (χ0n) is 12.8. The molecule has 3 rings (SSSR count). The standard InChI is InChI=1S/C16H18FN3O3/c1-10(13(21)18-12-7-3-2-6-11(12)17)20-14(22)16(19-15(20)23)8-4-5-9-16/h2-3,6-7,10H,4-5,8-9H2,1H3,(H,18,21)(H,19,23). The van der Waals surface area contributed by atoms with Crippen LogP contribution in [0.5, 0.6) is 0 Å². The first-order valence-corrected chi connectivity index (χ1v) is 7.66. The van der Waals surface area contributed by atoms with Crippen LogP contribution in [0, 0.1) is 5.82 Å². The summed E-state index contributed by atoms with van der Waals surface area (Å²) in [4.78, 5) is 38.0. The zero-order valence-corrected chi connectivity index (χ0v) is 12.8. The van der Waals surface area contributed by atoms with E-state index >= 15 is 0 Å². The minimum Gasteiger partial charge on any atom is -0.323 e. The average molecular weight is 319 g/mol. The summed E-state index contributed by atoms with van der Waals surface area (Å²) in [5.74, 6) is -1.54. The van der Waals surface area contributed by atoms with Crippen LogP contribution in [-0.2, 0) is 9.59 Å². The van der Waals surface area contributed by atoms with Gasteiger partial charge in [-0.25, -0.2) is 14.1 Å². The number of carbonyl (C=O) groups excluding carboxylic acids is 3. The minimum atomic E-state index is -1.01. The second-order valence-electron chi connectivity index (χ2n) is 6.04. The Morgan fingerprint density at radius 2 is 1.96 bits per heavy atom. The molecular weight excluding hydrogens is 301 g/mol. The van der Waals surface area contributed by atoms with Crippen LogP contribution in [-0.4, -0.2) is 34.3 Å². The van der Waals surface area contributed by atoms with E-state index in [-0.39, 0.29) is 11.6 Å². The van der Waals surface area contributed by atoms with Crippen LogP contribution in [0.4, 0.5) is 14.9 Å². The largest absolute Gasteiger partial charge is 0.325 e. The number of benzene rings is 1. The summed E-state index contributed by atoms with van der Waals surface area (Å²) >= 11 is 0. The van der Waals surface area contributed by atoms with Gasteiger partial charge in [0.15, 0.2) is 0 Å². The monoisotopic (exact) mass is 319 g/mol. The third-order valence-electron chi connectivity index (χ3n) is 4.55. The molecule has 1 aliphatic heterocycles. The number of nitrogens with one attached hydrogen (secondary N) is 2. The molecule has 1 aromatic carbocycles. The van der Waals surface area contributed by atoms with Crippen LogP contribution in [0.1, 0.15) is 32.6 Å². The molecule has 23 heavy (non-hydrogen) atoms. The highest BCUT2D eigenvalue weighted by Gasteiger charge is 2.54. The van der Waals surface area contributed by atoms with Crippen LogP contribution < -0.4 is 10.6 Å². The van der Waals surface area contributed by atoms with Gasteiger partial charge in [-0.1, -0.05) is 25.0 Å². The number of hydrogen-bond acceptors (Lipinski definition) is 3. The van der Waals surface area contributed by atoms with Crippen molar-refractivity contribution in [3.05, 3.63) is 30.1 Å². The molecule has 0 radical (unpaired) electrons. The second-order valence-corrected chi connectivity index (χ2v) is 6.04. The number of halogens is 1. The Morgan fingerprint density at radius 1 is 1.30 bits per heavy atom. The third kappa shape index (κ3) is 2.56. The van der Waals surface area contributed by atoms with Crippen LogP contribution in [0.2, 0.25) is 0 Å². The van der Waals surface area contributed by atoms with Crippen molar-refractivity contribution in [3.63, 3.8) is 0 Å². The van der Waals surface area contributed by atoms with Crippen LogP contribution in [0.3, 0.4) is 0 Å². The molecule has 2 N–H and O–H groups in total. The number of urea groups is 1. The normalized spacial score (nSPS) is 20.7. The maximum Gasteiger partial charge on any atom is 0.325 e. The van der Waals surface area contributed by atoms with Gasteiger partial charge in [0.25, 0.3) is 5.91 Å². The van der Waals surface area contributed by atoms with E-state index in [0.29, 0.717) is 12.8 Å². The number of imide groups is 1. The summed E-state index contributed by atoms with van der Waals surface area (Å²) in [7, 11) is 0. The molecule has 4 amide bonds. The number of anilines is 1. The molecule has 1 heterocycles. The average Bonchev–Trinajstić information content (AvgIpc) is 3.07. The number of amides is 4. The van der Waals surface area contributed by atoms with Crippen LogP contribution in [0.15, 0.2) is 24.3 Å². The van der Waals surface area contributed by atoms with Gasteiger partial charge in [0.1, 0.15) is 17.4 Å². The van der Waals surface area contributed by atoms with Crippen molar-refractivity contribution in [2.45, 2.75) is 44.2 Å². The lowest BCUT2D eigenvalue weighted by Gasteiger charge is -2.23. The Hall–Kier alpha value is -2.44. The lowest BCUT2D eigenvalue weighted by atomic mass is 9.97. The fourth-order valence-corrected chi connectivity index (χ4v) is 3.23. The lowest BCUT2D eigenvalue weighted by Crippen LogP contribution is -2.48. The molecule has 1 atom stereocenters. The van der Waals surface area contributed by atoms with Crippen molar-refractivity contribution in [1.29, 1.82) is 0 Å². The highest BCUT2D eigenvalue weighted by Crippen LogP contribution is 2.35. The van der Waals surface area contributed by atoms with E-state index in [1.54, 1.807) is 6.07 Å². The molecule has 2 aliphatic rings. The summed E-state index contributed by atoms with van der Waals surface area (Å²) in [6, 6.07) is 4.17.